The van der Waals surface area contributed by atoms with E-state index < -0.39 is 30.2 Å². The zero-order valence-corrected chi connectivity index (χ0v) is 20.7. The number of amides is 1. The molecular weight excluding hydrogens is 498 g/mol. The number of carbonyl (C=O) groups excluding carboxylic acids is 1. The fourth-order valence-electron chi connectivity index (χ4n) is 3.92. The first-order valence-electron chi connectivity index (χ1n) is 11.5. The molecule has 4 rings (SSSR count). The maximum atomic E-state index is 13.0. The first-order chi connectivity index (χ1) is 18.3. The van der Waals surface area contributed by atoms with Crippen molar-refractivity contribution in [3.05, 3.63) is 64.2 Å². The molecule has 12 nitrogen and oxygen atoms in total. The van der Waals surface area contributed by atoms with Crippen LogP contribution in [0, 0.1) is 15.5 Å². The molecule has 1 aliphatic rings. The van der Waals surface area contributed by atoms with E-state index in [0.717, 1.165) is 0 Å². The van der Waals surface area contributed by atoms with E-state index in [1.165, 1.54) is 20.3 Å². The minimum atomic E-state index is -1.26. The van der Waals surface area contributed by atoms with E-state index in [0.29, 0.717) is 33.8 Å². The number of aliphatic hydroxyl groups excluding tert-OH is 3. The Labute approximate surface area is 217 Å². The molecule has 1 aliphatic heterocycles. The number of ether oxygens (including phenoxy) is 3. The number of aliphatic hydroxyl groups is 3. The molecule has 0 bridgehead atoms. The Bertz CT molecular complexity index is 1360. The van der Waals surface area contributed by atoms with Gasteiger partial charge in [-0.15, -0.1) is 0 Å². The van der Waals surface area contributed by atoms with Crippen LogP contribution in [0.2, 0.25) is 0 Å². The van der Waals surface area contributed by atoms with Gasteiger partial charge in [-0.05, 0) is 35.4 Å². The van der Waals surface area contributed by atoms with E-state index in [2.05, 4.69) is 10.6 Å². The zero-order valence-electron chi connectivity index (χ0n) is 20.7. The fourth-order valence-corrected chi connectivity index (χ4v) is 3.92. The maximum Gasteiger partial charge on any atom is 0.310 e. The van der Waals surface area contributed by atoms with Crippen LogP contribution in [0.15, 0.2) is 48.5 Å². The molecule has 0 radical (unpaired) electrons. The lowest BCUT2D eigenvalue weighted by Gasteiger charge is -2.27. The third-order valence-electron chi connectivity index (χ3n) is 6.34. The molecule has 0 spiro atoms. The molecule has 0 fully saturated rings. The van der Waals surface area contributed by atoms with Crippen LogP contribution in [0.4, 0.5) is 22.7 Å². The highest BCUT2D eigenvalue weighted by Crippen LogP contribution is 2.42. The molecule has 3 aromatic rings. The minimum Gasteiger partial charge on any atom is -0.493 e. The van der Waals surface area contributed by atoms with Gasteiger partial charge in [0.15, 0.2) is 17.2 Å². The van der Waals surface area contributed by atoms with Gasteiger partial charge in [0.05, 0.1) is 67.0 Å². The smallest absolute Gasteiger partial charge is 0.310 e. The molecule has 0 aromatic heterocycles. The van der Waals surface area contributed by atoms with E-state index >= 15 is 0 Å². The normalized spacial score (nSPS) is 12.4. The third kappa shape index (κ3) is 5.05. The van der Waals surface area contributed by atoms with Gasteiger partial charge in [0.1, 0.15) is 6.61 Å². The Hall–Kier alpha value is -4.39. The number of carbonyl (C=O) groups is 1. The number of nitrogens with zero attached hydrogens (tertiary/aromatic N) is 1. The van der Waals surface area contributed by atoms with Crippen molar-refractivity contribution < 1.29 is 39.2 Å². The van der Waals surface area contributed by atoms with Gasteiger partial charge in [0.25, 0.3) is 5.91 Å². The number of nitro groups is 1. The van der Waals surface area contributed by atoms with Crippen LogP contribution in [0.25, 0.3) is 11.1 Å². The highest BCUT2D eigenvalue weighted by molar-refractivity contribution is 6.12. The Morgan fingerprint density at radius 1 is 0.816 bits per heavy atom. The summed E-state index contributed by atoms with van der Waals surface area (Å²) in [5, 5.41) is 46.1. The van der Waals surface area contributed by atoms with Crippen LogP contribution in [-0.4, -0.2) is 66.8 Å². The Morgan fingerprint density at radius 3 is 2.05 bits per heavy atom. The number of hydrogen-bond acceptors (Lipinski definition) is 10. The average Bonchev–Trinajstić information content (AvgIpc) is 3.07. The SMILES string of the molecule is COc1cc2c(cc1OCC(CO)(CO)CO)Nc1cc(-c3ccc([N+](=O)[O-])c(OC)c3)ccc1C(=O)N2. The van der Waals surface area contributed by atoms with E-state index in [1.807, 2.05) is 0 Å². The van der Waals surface area contributed by atoms with Crippen LogP contribution >= 0.6 is 0 Å². The van der Waals surface area contributed by atoms with Crippen LogP contribution in [-0.2, 0) is 0 Å². The topological polar surface area (TPSA) is 173 Å². The number of fused-ring (bicyclic) bond motifs is 2. The molecule has 5 N–H and O–H groups in total. The first-order valence-corrected chi connectivity index (χ1v) is 11.5. The number of anilines is 3. The van der Waals surface area contributed by atoms with E-state index in [1.54, 1.807) is 42.5 Å². The quantitative estimate of drug-likeness (QED) is 0.196. The van der Waals surface area contributed by atoms with Gasteiger partial charge in [-0.25, -0.2) is 0 Å². The second-order valence-corrected chi connectivity index (χ2v) is 8.79. The average molecular weight is 526 g/mol. The van der Waals surface area contributed by atoms with E-state index in [4.69, 9.17) is 14.2 Å². The summed E-state index contributed by atoms with van der Waals surface area (Å²) in [7, 11) is 2.78. The van der Waals surface area contributed by atoms with Crippen LogP contribution in [0.3, 0.4) is 0 Å². The summed E-state index contributed by atoms with van der Waals surface area (Å²) >= 11 is 0. The lowest BCUT2D eigenvalue weighted by atomic mass is 9.92. The highest BCUT2D eigenvalue weighted by atomic mass is 16.6. The van der Waals surface area contributed by atoms with Gasteiger partial charge in [-0.1, -0.05) is 6.07 Å². The molecule has 38 heavy (non-hydrogen) atoms. The molecule has 3 aromatic carbocycles. The Morgan fingerprint density at radius 2 is 1.42 bits per heavy atom. The van der Waals surface area contributed by atoms with Crippen molar-refractivity contribution in [3.8, 4) is 28.4 Å². The highest BCUT2D eigenvalue weighted by Gasteiger charge is 2.30. The second-order valence-electron chi connectivity index (χ2n) is 8.79. The Kier molecular flexibility index (Phi) is 7.67. The summed E-state index contributed by atoms with van der Waals surface area (Å²) in [6, 6.07) is 12.8. The van der Waals surface area contributed by atoms with Gasteiger partial charge in [0, 0.05) is 18.2 Å². The molecule has 200 valence electrons. The van der Waals surface area contributed by atoms with Gasteiger partial charge in [0.2, 0.25) is 0 Å². The molecule has 1 amide bonds. The summed E-state index contributed by atoms with van der Waals surface area (Å²) in [4.78, 5) is 23.7. The number of benzene rings is 3. The van der Waals surface area contributed by atoms with Crippen molar-refractivity contribution in [2.24, 2.45) is 5.41 Å². The van der Waals surface area contributed by atoms with Crippen LogP contribution in [0.5, 0.6) is 17.2 Å². The molecule has 0 atom stereocenters. The number of nitro benzene ring substituents is 1. The Balaban J connectivity index is 1.71. The summed E-state index contributed by atoms with van der Waals surface area (Å²) in [6.45, 7) is -1.68. The van der Waals surface area contributed by atoms with Gasteiger partial charge < -0.3 is 40.2 Å². The molecular formula is C26H27N3O9. The van der Waals surface area contributed by atoms with Gasteiger partial charge in [-0.2, -0.15) is 0 Å². The maximum absolute atomic E-state index is 13.0. The van der Waals surface area contributed by atoms with Gasteiger partial charge >= 0.3 is 5.69 Å². The summed E-state index contributed by atoms with van der Waals surface area (Å²) in [6.07, 6.45) is 0. The molecule has 0 saturated carbocycles. The predicted octanol–water partition coefficient (Wildman–Crippen LogP) is 2.93. The number of methoxy groups -OCH3 is 2. The summed E-state index contributed by atoms with van der Waals surface area (Å²) in [5.41, 5.74) is 1.65. The van der Waals surface area contributed by atoms with Crippen molar-refractivity contribution in [1.29, 1.82) is 0 Å². The van der Waals surface area contributed by atoms with Crippen molar-refractivity contribution in [3.63, 3.8) is 0 Å². The van der Waals surface area contributed by atoms with Crippen molar-refractivity contribution in [1.82, 2.24) is 0 Å². The van der Waals surface area contributed by atoms with Crippen molar-refractivity contribution in [2.75, 3.05) is 51.3 Å². The molecule has 0 unspecified atom stereocenters. The van der Waals surface area contributed by atoms with Crippen molar-refractivity contribution in [2.45, 2.75) is 0 Å². The lowest BCUT2D eigenvalue weighted by molar-refractivity contribution is -0.385. The molecule has 0 aliphatic carbocycles. The fraction of sp³-hybridized carbons (Fsp3) is 0.269. The van der Waals surface area contributed by atoms with Crippen LogP contribution < -0.4 is 24.8 Å². The molecule has 1 heterocycles. The van der Waals surface area contributed by atoms with E-state index in [-0.39, 0.29) is 35.4 Å². The number of rotatable bonds is 10. The third-order valence-corrected chi connectivity index (χ3v) is 6.34. The zero-order chi connectivity index (χ0) is 27.4. The largest absolute Gasteiger partial charge is 0.493 e. The standard InChI is InChI=1S/C26H27N3O9/c1-36-22-8-16(4-6-21(22)29(34)35)15-3-5-17-18(7-15)27-19-10-24(38-14-26(11-30,12-31)13-32)23(37-2)9-20(19)28-25(17)33/h3-10,27,30-32H,11-14H2,1-2H3,(H,28,33). The summed E-state index contributed by atoms with van der Waals surface area (Å²) < 4.78 is 16.4. The molecule has 0 saturated heterocycles. The van der Waals surface area contributed by atoms with Gasteiger partial charge in [-0.3, -0.25) is 14.9 Å². The number of hydrogen-bond donors (Lipinski definition) is 5. The minimum absolute atomic E-state index is 0.108. The summed E-state index contributed by atoms with van der Waals surface area (Å²) in [5.74, 6) is 0.289. The number of nitrogens with one attached hydrogen (secondary N) is 2. The lowest BCUT2D eigenvalue weighted by Crippen LogP contribution is -2.39. The second kappa shape index (κ2) is 10.9. The van der Waals surface area contributed by atoms with Crippen molar-refractivity contribution >= 4 is 28.7 Å². The molecule has 12 heteroatoms. The monoisotopic (exact) mass is 525 g/mol. The van der Waals surface area contributed by atoms with Crippen LogP contribution in [0.1, 0.15) is 10.4 Å². The van der Waals surface area contributed by atoms with E-state index in [9.17, 15) is 30.2 Å². The first kappa shape index (κ1) is 26.7. The predicted molar refractivity (Wildman–Crippen MR) is 138 cm³/mol.